The Morgan fingerprint density at radius 3 is 2.73 bits per heavy atom. The van der Waals surface area contributed by atoms with Gasteiger partial charge in [0.05, 0.1) is 18.8 Å². The molecule has 1 aromatic carbocycles. The van der Waals surface area contributed by atoms with Crippen molar-refractivity contribution in [1.82, 2.24) is 0 Å². The van der Waals surface area contributed by atoms with Gasteiger partial charge in [-0.25, -0.2) is 0 Å². The van der Waals surface area contributed by atoms with Crippen molar-refractivity contribution in [2.45, 2.75) is 25.0 Å². The lowest BCUT2D eigenvalue weighted by Crippen LogP contribution is -2.20. The monoisotopic (exact) mass is 208 g/mol. The van der Waals surface area contributed by atoms with E-state index in [9.17, 15) is 10.2 Å². The Balaban J connectivity index is 2.10. The first-order valence-corrected chi connectivity index (χ1v) is 5.27. The topological polar surface area (TPSA) is 60.7 Å². The Kier molecular flexibility index (Phi) is 3.05. The SMILES string of the molecule is OCC(O)CC1Cc2ccccc2C1O. The zero-order valence-corrected chi connectivity index (χ0v) is 8.50. The van der Waals surface area contributed by atoms with Gasteiger partial charge in [-0.3, -0.25) is 0 Å². The molecule has 0 fully saturated rings. The summed E-state index contributed by atoms with van der Waals surface area (Å²) < 4.78 is 0. The summed E-state index contributed by atoms with van der Waals surface area (Å²) >= 11 is 0. The molecule has 3 atom stereocenters. The lowest BCUT2D eigenvalue weighted by Gasteiger charge is -2.17. The highest BCUT2D eigenvalue weighted by molar-refractivity contribution is 5.34. The van der Waals surface area contributed by atoms with Crippen LogP contribution in [0.2, 0.25) is 0 Å². The largest absolute Gasteiger partial charge is 0.394 e. The molecule has 1 aromatic rings. The lowest BCUT2D eigenvalue weighted by atomic mass is 9.96. The van der Waals surface area contributed by atoms with Gasteiger partial charge >= 0.3 is 0 Å². The highest BCUT2D eigenvalue weighted by Crippen LogP contribution is 2.38. The molecule has 3 unspecified atom stereocenters. The Morgan fingerprint density at radius 1 is 1.33 bits per heavy atom. The summed E-state index contributed by atoms with van der Waals surface area (Å²) in [5, 5.41) is 28.1. The van der Waals surface area contributed by atoms with E-state index in [0.29, 0.717) is 6.42 Å². The normalized spacial score (nSPS) is 26.3. The summed E-state index contributed by atoms with van der Waals surface area (Å²) in [5.74, 6) is 0.0320. The minimum absolute atomic E-state index is 0.0320. The van der Waals surface area contributed by atoms with Crippen LogP contribution >= 0.6 is 0 Å². The van der Waals surface area contributed by atoms with Gasteiger partial charge in [-0.1, -0.05) is 24.3 Å². The van der Waals surface area contributed by atoms with E-state index in [1.165, 1.54) is 0 Å². The van der Waals surface area contributed by atoms with Crippen LogP contribution in [-0.2, 0) is 6.42 Å². The predicted molar refractivity (Wildman–Crippen MR) is 56.3 cm³/mol. The van der Waals surface area contributed by atoms with Crippen LogP contribution in [0.3, 0.4) is 0 Å². The average Bonchev–Trinajstić information content (AvgIpc) is 2.57. The second kappa shape index (κ2) is 4.31. The molecule has 0 radical (unpaired) electrons. The molecule has 0 heterocycles. The number of hydrogen-bond acceptors (Lipinski definition) is 3. The third-order valence-electron chi connectivity index (χ3n) is 3.09. The quantitative estimate of drug-likeness (QED) is 0.683. The van der Waals surface area contributed by atoms with Crippen LogP contribution in [0.4, 0.5) is 0 Å². The molecule has 0 aromatic heterocycles. The number of rotatable bonds is 3. The van der Waals surface area contributed by atoms with Crippen molar-refractivity contribution in [3.63, 3.8) is 0 Å². The second-order valence-electron chi connectivity index (χ2n) is 4.18. The zero-order chi connectivity index (χ0) is 10.8. The highest BCUT2D eigenvalue weighted by Gasteiger charge is 2.31. The molecule has 0 bridgehead atoms. The van der Waals surface area contributed by atoms with Crippen LogP contribution in [-0.4, -0.2) is 28.0 Å². The van der Waals surface area contributed by atoms with Crippen LogP contribution in [0.1, 0.15) is 23.7 Å². The van der Waals surface area contributed by atoms with Gasteiger partial charge in [0.15, 0.2) is 0 Å². The maximum absolute atomic E-state index is 9.99. The average molecular weight is 208 g/mol. The fourth-order valence-electron chi connectivity index (χ4n) is 2.29. The smallest absolute Gasteiger partial charge is 0.0825 e. The maximum Gasteiger partial charge on any atom is 0.0825 e. The van der Waals surface area contributed by atoms with Crippen LogP contribution in [0.5, 0.6) is 0 Å². The molecule has 3 N–H and O–H groups in total. The van der Waals surface area contributed by atoms with Crippen molar-refractivity contribution >= 4 is 0 Å². The number of aliphatic hydroxyl groups excluding tert-OH is 3. The molecular formula is C12H16O3. The molecule has 3 heteroatoms. The Hall–Kier alpha value is -0.900. The van der Waals surface area contributed by atoms with Crippen molar-refractivity contribution in [2.24, 2.45) is 5.92 Å². The minimum atomic E-state index is -0.723. The molecule has 0 spiro atoms. The molecule has 15 heavy (non-hydrogen) atoms. The van der Waals surface area contributed by atoms with Crippen molar-refractivity contribution in [3.8, 4) is 0 Å². The molecular weight excluding hydrogens is 192 g/mol. The van der Waals surface area contributed by atoms with Gasteiger partial charge in [-0.15, -0.1) is 0 Å². The van der Waals surface area contributed by atoms with Gasteiger partial charge in [0.25, 0.3) is 0 Å². The van der Waals surface area contributed by atoms with E-state index in [1.54, 1.807) is 0 Å². The first kappa shape index (κ1) is 10.6. The zero-order valence-electron chi connectivity index (χ0n) is 8.50. The van der Waals surface area contributed by atoms with Crippen molar-refractivity contribution < 1.29 is 15.3 Å². The van der Waals surface area contributed by atoms with Gasteiger partial charge < -0.3 is 15.3 Å². The van der Waals surface area contributed by atoms with E-state index in [1.807, 2.05) is 24.3 Å². The van der Waals surface area contributed by atoms with Crippen molar-refractivity contribution in [2.75, 3.05) is 6.61 Å². The Bertz CT molecular complexity index is 337. The number of benzene rings is 1. The van der Waals surface area contributed by atoms with Gasteiger partial charge in [0.2, 0.25) is 0 Å². The van der Waals surface area contributed by atoms with E-state index in [2.05, 4.69) is 0 Å². The summed E-state index contributed by atoms with van der Waals surface area (Å²) in [6.07, 6.45) is 0.0159. The summed E-state index contributed by atoms with van der Waals surface area (Å²) in [5.41, 5.74) is 2.12. The van der Waals surface area contributed by atoms with Crippen LogP contribution in [0.25, 0.3) is 0 Å². The van der Waals surface area contributed by atoms with Crippen molar-refractivity contribution in [3.05, 3.63) is 35.4 Å². The van der Waals surface area contributed by atoms with Gasteiger partial charge in [-0.05, 0) is 29.9 Å². The molecule has 0 amide bonds. The van der Waals surface area contributed by atoms with Gasteiger partial charge in [0, 0.05) is 0 Å². The summed E-state index contributed by atoms with van der Waals surface area (Å²) in [6, 6.07) is 7.79. The number of aliphatic hydroxyl groups is 3. The summed E-state index contributed by atoms with van der Waals surface area (Å²) in [6.45, 7) is -0.237. The first-order valence-electron chi connectivity index (χ1n) is 5.27. The second-order valence-corrected chi connectivity index (χ2v) is 4.18. The van der Waals surface area contributed by atoms with Crippen LogP contribution in [0.15, 0.2) is 24.3 Å². The minimum Gasteiger partial charge on any atom is -0.394 e. The molecule has 0 saturated carbocycles. The third kappa shape index (κ3) is 2.04. The maximum atomic E-state index is 9.99. The van der Waals surface area contributed by atoms with E-state index >= 15 is 0 Å². The lowest BCUT2D eigenvalue weighted by molar-refractivity contribution is 0.0408. The summed E-state index contributed by atoms with van der Waals surface area (Å²) in [7, 11) is 0. The Morgan fingerprint density at radius 2 is 2.07 bits per heavy atom. The fraction of sp³-hybridized carbons (Fsp3) is 0.500. The van der Waals surface area contributed by atoms with Gasteiger partial charge in [-0.2, -0.15) is 0 Å². The highest BCUT2D eigenvalue weighted by atomic mass is 16.3. The van der Waals surface area contributed by atoms with E-state index < -0.39 is 12.2 Å². The number of fused-ring (bicyclic) bond motifs is 1. The Labute approximate surface area is 89.0 Å². The standard InChI is InChI=1S/C12H16O3/c13-7-10(14)6-9-5-8-3-1-2-4-11(8)12(9)15/h1-4,9-10,12-15H,5-7H2. The fourth-order valence-corrected chi connectivity index (χ4v) is 2.29. The van der Waals surface area contributed by atoms with E-state index in [4.69, 9.17) is 5.11 Å². The predicted octanol–water partition coefficient (Wildman–Crippen LogP) is 0.636. The van der Waals surface area contributed by atoms with Crippen LogP contribution < -0.4 is 0 Å². The molecule has 1 aliphatic carbocycles. The molecule has 1 aliphatic rings. The van der Waals surface area contributed by atoms with E-state index in [0.717, 1.165) is 17.5 Å². The molecule has 3 nitrogen and oxygen atoms in total. The van der Waals surface area contributed by atoms with Crippen LogP contribution in [0, 0.1) is 5.92 Å². The van der Waals surface area contributed by atoms with Gasteiger partial charge in [0.1, 0.15) is 0 Å². The summed E-state index contributed by atoms with van der Waals surface area (Å²) in [4.78, 5) is 0. The molecule has 0 aliphatic heterocycles. The molecule has 2 rings (SSSR count). The molecule has 82 valence electrons. The van der Waals surface area contributed by atoms with Crippen molar-refractivity contribution in [1.29, 1.82) is 0 Å². The third-order valence-corrected chi connectivity index (χ3v) is 3.09. The number of hydrogen-bond donors (Lipinski definition) is 3. The first-order chi connectivity index (χ1) is 7.22. The van der Waals surface area contributed by atoms with E-state index in [-0.39, 0.29) is 12.5 Å². The molecule has 0 saturated heterocycles.